The Morgan fingerprint density at radius 2 is 1.74 bits per heavy atom. The maximum absolute atomic E-state index is 12.9. The highest BCUT2D eigenvalue weighted by molar-refractivity contribution is 7.99. The molecule has 2 aromatic rings. The van der Waals surface area contributed by atoms with Crippen LogP contribution in [0.5, 0.6) is 0 Å². The molecule has 0 aliphatic heterocycles. The average molecular weight is 389 g/mol. The summed E-state index contributed by atoms with van der Waals surface area (Å²) in [6.07, 6.45) is 0. The molecule has 6 heteroatoms. The van der Waals surface area contributed by atoms with Crippen molar-refractivity contribution < 1.29 is 14.0 Å². The fraction of sp³-hybridized carbons (Fsp3) is 0.333. The minimum atomic E-state index is -0.310. The van der Waals surface area contributed by atoms with E-state index in [-0.39, 0.29) is 29.4 Å². The lowest BCUT2D eigenvalue weighted by atomic mass is 10.2. The zero-order valence-corrected chi connectivity index (χ0v) is 16.5. The Morgan fingerprint density at radius 3 is 2.37 bits per heavy atom. The minimum absolute atomic E-state index is 0.0206. The van der Waals surface area contributed by atoms with Crippen molar-refractivity contribution in [2.24, 2.45) is 0 Å². The number of halogens is 1. The molecule has 144 valence electrons. The number of thioether (sulfide) groups is 1. The van der Waals surface area contributed by atoms with Gasteiger partial charge < -0.3 is 10.2 Å². The zero-order valence-electron chi connectivity index (χ0n) is 15.7. The lowest BCUT2D eigenvalue weighted by Crippen LogP contribution is -2.43. The Morgan fingerprint density at radius 1 is 1.07 bits per heavy atom. The van der Waals surface area contributed by atoms with E-state index in [4.69, 9.17) is 0 Å². The maximum atomic E-state index is 12.9. The fourth-order valence-corrected chi connectivity index (χ4v) is 3.43. The number of likely N-dealkylation sites (N-methyl/N-ethyl adjacent to an activating group) is 1. The molecule has 0 aromatic heterocycles. The second-order valence-electron chi connectivity index (χ2n) is 6.19. The normalized spacial score (nSPS) is 11.7. The largest absolute Gasteiger partial charge is 0.350 e. The Hall–Kier alpha value is -2.34. The van der Waals surface area contributed by atoms with Crippen LogP contribution in [-0.4, -0.2) is 35.1 Å². The van der Waals surface area contributed by atoms with Gasteiger partial charge in [0.15, 0.2) is 0 Å². The van der Waals surface area contributed by atoms with E-state index in [0.29, 0.717) is 13.1 Å². The van der Waals surface area contributed by atoms with Crippen LogP contribution in [0.15, 0.2) is 54.6 Å². The van der Waals surface area contributed by atoms with Gasteiger partial charge in [0.25, 0.3) is 0 Å². The summed E-state index contributed by atoms with van der Waals surface area (Å²) >= 11 is 1.56. The lowest BCUT2D eigenvalue weighted by molar-refractivity contribution is -0.135. The van der Waals surface area contributed by atoms with E-state index in [0.717, 1.165) is 11.3 Å². The van der Waals surface area contributed by atoms with Gasteiger partial charge in [-0.05, 0) is 37.1 Å². The molecular weight excluding hydrogens is 363 g/mol. The van der Waals surface area contributed by atoms with Crippen LogP contribution >= 0.6 is 11.8 Å². The van der Waals surface area contributed by atoms with Gasteiger partial charge in [-0.15, -0.1) is 11.8 Å². The van der Waals surface area contributed by atoms with Crippen molar-refractivity contribution >= 4 is 23.6 Å². The number of nitrogens with zero attached hydrogens (tertiary/aromatic N) is 1. The summed E-state index contributed by atoms with van der Waals surface area (Å²) in [5, 5.41) is 2.55. The van der Waals surface area contributed by atoms with Gasteiger partial charge in [-0.2, -0.15) is 0 Å². The smallest absolute Gasteiger partial charge is 0.239 e. The van der Waals surface area contributed by atoms with Gasteiger partial charge in [-0.1, -0.05) is 42.5 Å². The Bertz CT molecular complexity index is 738. The molecule has 0 fully saturated rings. The lowest BCUT2D eigenvalue weighted by Gasteiger charge is -2.23. The molecule has 1 unspecified atom stereocenters. The van der Waals surface area contributed by atoms with Gasteiger partial charge in [0.2, 0.25) is 11.8 Å². The van der Waals surface area contributed by atoms with Crippen LogP contribution in [0, 0.1) is 5.82 Å². The highest BCUT2D eigenvalue weighted by Crippen LogP contribution is 2.19. The monoisotopic (exact) mass is 388 g/mol. The Labute approximate surface area is 164 Å². The molecule has 2 amide bonds. The molecule has 0 spiro atoms. The molecule has 0 aliphatic rings. The first-order chi connectivity index (χ1) is 13.0. The molecule has 0 heterocycles. The predicted octanol–water partition coefficient (Wildman–Crippen LogP) is 3.61. The first-order valence-electron chi connectivity index (χ1n) is 8.95. The van der Waals surface area contributed by atoms with Crippen molar-refractivity contribution in [2.45, 2.75) is 31.4 Å². The van der Waals surface area contributed by atoms with Crippen molar-refractivity contribution in [1.82, 2.24) is 10.2 Å². The van der Waals surface area contributed by atoms with Crippen LogP contribution in [0.25, 0.3) is 0 Å². The van der Waals surface area contributed by atoms with E-state index >= 15 is 0 Å². The number of rotatable bonds is 9. The van der Waals surface area contributed by atoms with Gasteiger partial charge in [-0.3, -0.25) is 9.59 Å². The summed E-state index contributed by atoms with van der Waals surface area (Å²) < 4.78 is 12.9. The van der Waals surface area contributed by atoms with Crippen LogP contribution in [0.2, 0.25) is 0 Å². The molecular formula is C21H25FN2O2S. The summed E-state index contributed by atoms with van der Waals surface area (Å²) in [5.74, 6) is 0.169. The summed E-state index contributed by atoms with van der Waals surface area (Å²) in [4.78, 5) is 26.4. The van der Waals surface area contributed by atoms with Crippen molar-refractivity contribution in [3.63, 3.8) is 0 Å². The van der Waals surface area contributed by atoms with Crippen LogP contribution < -0.4 is 5.32 Å². The number of nitrogens with one attached hydrogen (secondary N) is 1. The van der Waals surface area contributed by atoms with Crippen molar-refractivity contribution in [3.05, 3.63) is 71.5 Å². The first-order valence-corrected chi connectivity index (χ1v) is 10.00. The fourth-order valence-electron chi connectivity index (χ4n) is 2.50. The quantitative estimate of drug-likeness (QED) is 0.714. The zero-order chi connectivity index (χ0) is 19.6. The van der Waals surface area contributed by atoms with Gasteiger partial charge in [-0.25, -0.2) is 4.39 Å². The summed E-state index contributed by atoms with van der Waals surface area (Å²) in [5.41, 5.74) is 1.98. The molecule has 0 radical (unpaired) electrons. The van der Waals surface area contributed by atoms with E-state index in [1.54, 1.807) is 28.8 Å². The number of benzene rings is 2. The Kier molecular flexibility index (Phi) is 8.33. The van der Waals surface area contributed by atoms with Crippen molar-refractivity contribution in [3.8, 4) is 0 Å². The first kappa shape index (κ1) is 21.0. The minimum Gasteiger partial charge on any atom is -0.350 e. The molecule has 0 saturated carbocycles. The van der Waals surface area contributed by atoms with Crippen LogP contribution in [0.3, 0.4) is 0 Å². The van der Waals surface area contributed by atoms with Crippen LogP contribution in [-0.2, 0) is 21.9 Å². The van der Waals surface area contributed by atoms with E-state index in [1.807, 2.05) is 44.2 Å². The maximum Gasteiger partial charge on any atom is 0.239 e. The highest BCUT2D eigenvalue weighted by Gasteiger charge is 2.21. The number of carbonyl (C=O) groups is 2. The number of hydrogen-bond donors (Lipinski definition) is 1. The average Bonchev–Trinajstić information content (AvgIpc) is 2.70. The summed E-state index contributed by atoms with van der Waals surface area (Å²) in [7, 11) is 0. The molecule has 0 aliphatic carbocycles. The van der Waals surface area contributed by atoms with E-state index in [1.165, 1.54) is 17.7 Å². The summed E-state index contributed by atoms with van der Waals surface area (Å²) in [6, 6.07) is 15.9. The number of hydrogen-bond acceptors (Lipinski definition) is 3. The van der Waals surface area contributed by atoms with Gasteiger partial charge >= 0.3 is 0 Å². The second-order valence-corrected chi connectivity index (χ2v) is 7.52. The SMILES string of the molecule is CCN(CC(=O)NCc1ccc(F)cc1)C(=O)C(C)SCc1ccccc1. The second kappa shape index (κ2) is 10.7. The van der Waals surface area contributed by atoms with Gasteiger partial charge in [0, 0.05) is 18.8 Å². The molecule has 1 N–H and O–H groups in total. The third kappa shape index (κ3) is 7.06. The third-order valence-corrected chi connectivity index (χ3v) is 5.32. The molecule has 2 aromatic carbocycles. The van der Waals surface area contributed by atoms with Gasteiger partial charge in [0.05, 0.1) is 11.8 Å². The Balaban J connectivity index is 1.80. The van der Waals surface area contributed by atoms with E-state index in [2.05, 4.69) is 5.32 Å². The molecule has 4 nitrogen and oxygen atoms in total. The third-order valence-electron chi connectivity index (χ3n) is 4.12. The van der Waals surface area contributed by atoms with Crippen molar-refractivity contribution in [2.75, 3.05) is 13.1 Å². The molecule has 0 bridgehead atoms. The molecule has 27 heavy (non-hydrogen) atoms. The van der Waals surface area contributed by atoms with Crippen LogP contribution in [0.1, 0.15) is 25.0 Å². The van der Waals surface area contributed by atoms with E-state index in [9.17, 15) is 14.0 Å². The van der Waals surface area contributed by atoms with E-state index < -0.39 is 0 Å². The summed E-state index contributed by atoms with van der Waals surface area (Å²) in [6.45, 7) is 4.53. The molecule has 0 saturated heterocycles. The number of carbonyl (C=O) groups excluding carboxylic acids is 2. The predicted molar refractivity (Wildman–Crippen MR) is 108 cm³/mol. The standard InChI is InChI=1S/C21H25FN2O2S/c1-3-24(14-20(25)23-13-17-9-11-19(22)12-10-17)21(26)16(2)27-15-18-7-5-4-6-8-18/h4-12,16H,3,13-15H2,1-2H3,(H,23,25). The highest BCUT2D eigenvalue weighted by atomic mass is 32.2. The number of amides is 2. The van der Waals surface area contributed by atoms with Crippen LogP contribution in [0.4, 0.5) is 4.39 Å². The molecule has 1 atom stereocenters. The van der Waals surface area contributed by atoms with Gasteiger partial charge in [0.1, 0.15) is 5.82 Å². The van der Waals surface area contributed by atoms with Crippen molar-refractivity contribution in [1.29, 1.82) is 0 Å². The molecule has 2 rings (SSSR count). The topological polar surface area (TPSA) is 49.4 Å².